The summed E-state index contributed by atoms with van der Waals surface area (Å²) in [7, 11) is 0. The number of aliphatic hydroxyl groups excluding tert-OH is 7. The summed E-state index contributed by atoms with van der Waals surface area (Å²) in [5.74, 6) is 0. The molecule has 8 N–H and O–H groups in total. The van der Waals surface area contributed by atoms with Crippen molar-refractivity contribution in [3.05, 3.63) is 0 Å². The van der Waals surface area contributed by atoms with Crippen molar-refractivity contribution in [3.8, 4) is 0 Å². The van der Waals surface area contributed by atoms with E-state index in [9.17, 15) is 40.5 Å². The zero-order valence-electron chi connectivity index (χ0n) is 10.9. The van der Waals surface area contributed by atoms with E-state index in [0.29, 0.717) is 0 Å². The van der Waals surface area contributed by atoms with Gasteiger partial charge in [0, 0.05) is 0 Å². The minimum atomic E-state index is -2.71. The Kier molecular flexibility index (Phi) is 6.16. The third-order valence-corrected chi connectivity index (χ3v) is 3.61. The Hall–Kier alpha value is -0.690. The monoisotopic (exact) mass is 312 g/mol. The van der Waals surface area contributed by atoms with Gasteiger partial charge in [-0.3, -0.25) is 0 Å². The van der Waals surface area contributed by atoms with Crippen LogP contribution in [0.5, 0.6) is 0 Å². The topological polar surface area (TPSA) is 188 Å². The third kappa shape index (κ3) is 3.23. The van der Waals surface area contributed by atoms with Gasteiger partial charge in [-0.15, -0.1) is 0 Å². The molecule has 1 aliphatic rings. The number of aldehydes is 1. The molecule has 0 spiro atoms. The molecule has 0 aromatic rings. The predicted molar refractivity (Wildman–Crippen MR) is 63.9 cm³/mol. The molecular formula is C11H20O10. The molecule has 10 nitrogen and oxygen atoms in total. The number of ether oxygens (including phenoxy) is 1. The molecule has 0 saturated carbocycles. The van der Waals surface area contributed by atoms with E-state index in [1.807, 2.05) is 0 Å². The van der Waals surface area contributed by atoms with E-state index < -0.39 is 61.5 Å². The quantitative estimate of drug-likeness (QED) is 0.220. The number of hydrogen-bond acceptors (Lipinski definition) is 10. The fraction of sp³-hybridized carbons (Fsp3) is 0.909. The Labute approximate surface area is 119 Å². The second-order valence-corrected chi connectivity index (χ2v) is 4.97. The highest BCUT2D eigenvalue weighted by atomic mass is 16.6. The van der Waals surface area contributed by atoms with Crippen molar-refractivity contribution in [1.82, 2.24) is 0 Å². The Morgan fingerprint density at radius 3 is 2.10 bits per heavy atom. The fourth-order valence-corrected chi connectivity index (χ4v) is 2.24. The van der Waals surface area contributed by atoms with Crippen molar-refractivity contribution in [2.75, 3.05) is 13.2 Å². The van der Waals surface area contributed by atoms with Crippen molar-refractivity contribution < 1.29 is 50.4 Å². The van der Waals surface area contributed by atoms with Crippen molar-refractivity contribution >= 4 is 6.29 Å². The SMILES string of the molecule is O=CC(O)C(O)C(O)(CO)C1OC(CO)C(O)C(O)C1O. The molecule has 1 fully saturated rings. The smallest absolute Gasteiger partial charge is 0.151 e. The van der Waals surface area contributed by atoms with Gasteiger partial charge in [0.15, 0.2) is 6.29 Å². The molecule has 1 rings (SSSR count). The molecule has 10 heteroatoms. The molecule has 8 unspecified atom stereocenters. The molecule has 0 radical (unpaired) electrons. The van der Waals surface area contributed by atoms with E-state index in [0.717, 1.165) is 0 Å². The van der Waals surface area contributed by atoms with Crippen molar-refractivity contribution in [2.45, 2.75) is 48.3 Å². The van der Waals surface area contributed by atoms with E-state index in [2.05, 4.69) is 0 Å². The summed E-state index contributed by atoms with van der Waals surface area (Å²) in [6, 6.07) is 0. The van der Waals surface area contributed by atoms with E-state index in [4.69, 9.17) is 9.84 Å². The second-order valence-electron chi connectivity index (χ2n) is 4.97. The summed E-state index contributed by atoms with van der Waals surface area (Å²) in [6.07, 6.45) is -13.2. The molecule has 21 heavy (non-hydrogen) atoms. The highest BCUT2D eigenvalue weighted by Gasteiger charge is 2.56. The van der Waals surface area contributed by atoms with Crippen LogP contribution in [0.25, 0.3) is 0 Å². The van der Waals surface area contributed by atoms with E-state index in [1.54, 1.807) is 0 Å². The minimum absolute atomic E-state index is 0.102. The van der Waals surface area contributed by atoms with Crippen molar-refractivity contribution in [1.29, 1.82) is 0 Å². The Balaban J connectivity index is 3.10. The lowest BCUT2D eigenvalue weighted by Crippen LogP contribution is -2.70. The average Bonchev–Trinajstić information content (AvgIpc) is 2.50. The highest BCUT2D eigenvalue weighted by molar-refractivity contribution is 5.57. The van der Waals surface area contributed by atoms with Crippen LogP contribution >= 0.6 is 0 Å². The summed E-state index contributed by atoms with van der Waals surface area (Å²) < 4.78 is 5.00. The maximum absolute atomic E-state index is 10.5. The summed E-state index contributed by atoms with van der Waals surface area (Å²) in [4.78, 5) is 10.5. The van der Waals surface area contributed by atoms with Gasteiger partial charge in [-0.05, 0) is 0 Å². The Bertz CT molecular complexity index is 350. The Morgan fingerprint density at radius 1 is 1.10 bits per heavy atom. The summed E-state index contributed by atoms with van der Waals surface area (Å²) in [6.45, 7) is -2.02. The molecule has 1 aliphatic heterocycles. The summed E-state index contributed by atoms with van der Waals surface area (Å²) >= 11 is 0. The molecule has 0 bridgehead atoms. The van der Waals surface area contributed by atoms with Gasteiger partial charge in [-0.2, -0.15) is 0 Å². The van der Waals surface area contributed by atoms with Crippen LogP contribution in [-0.2, 0) is 9.53 Å². The van der Waals surface area contributed by atoms with Gasteiger partial charge in [0.1, 0.15) is 48.3 Å². The lowest BCUT2D eigenvalue weighted by atomic mass is 9.80. The largest absolute Gasteiger partial charge is 0.394 e. The molecule has 0 aliphatic carbocycles. The van der Waals surface area contributed by atoms with Gasteiger partial charge in [0.05, 0.1) is 13.2 Å². The van der Waals surface area contributed by atoms with Gasteiger partial charge in [-0.1, -0.05) is 0 Å². The van der Waals surface area contributed by atoms with Gasteiger partial charge in [0.2, 0.25) is 0 Å². The molecule has 0 aromatic heterocycles. The number of hydrogen-bond donors (Lipinski definition) is 8. The maximum Gasteiger partial charge on any atom is 0.151 e. The maximum atomic E-state index is 10.5. The van der Waals surface area contributed by atoms with Crippen LogP contribution in [0.4, 0.5) is 0 Å². The molecule has 0 amide bonds. The molecule has 0 aromatic carbocycles. The van der Waals surface area contributed by atoms with Crippen molar-refractivity contribution in [3.63, 3.8) is 0 Å². The molecule has 1 heterocycles. The van der Waals surface area contributed by atoms with Gasteiger partial charge < -0.3 is 50.4 Å². The van der Waals surface area contributed by atoms with E-state index >= 15 is 0 Å². The summed E-state index contributed by atoms with van der Waals surface area (Å²) in [5, 5.41) is 76.5. The molecule has 8 atom stereocenters. The van der Waals surface area contributed by atoms with Crippen LogP contribution in [0.3, 0.4) is 0 Å². The van der Waals surface area contributed by atoms with Crippen LogP contribution in [0.2, 0.25) is 0 Å². The van der Waals surface area contributed by atoms with Crippen LogP contribution in [0.15, 0.2) is 0 Å². The first-order valence-electron chi connectivity index (χ1n) is 6.19. The third-order valence-electron chi connectivity index (χ3n) is 3.61. The van der Waals surface area contributed by atoms with Gasteiger partial charge in [0.25, 0.3) is 0 Å². The van der Waals surface area contributed by atoms with Crippen LogP contribution < -0.4 is 0 Å². The number of carbonyl (C=O) groups is 1. The van der Waals surface area contributed by atoms with Gasteiger partial charge >= 0.3 is 0 Å². The van der Waals surface area contributed by atoms with Crippen LogP contribution in [0, 0.1) is 0 Å². The minimum Gasteiger partial charge on any atom is -0.394 e. The first kappa shape index (κ1) is 18.4. The normalized spacial score (nSPS) is 39.3. The number of rotatable bonds is 6. The lowest BCUT2D eigenvalue weighted by molar-refractivity contribution is -0.295. The zero-order valence-corrected chi connectivity index (χ0v) is 10.9. The number of carbonyl (C=O) groups excluding carboxylic acids is 1. The standard InChI is InChI=1S/C11H20O10/c12-1-4(15)9(19)11(20,3-14)10-8(18)7(17)6(16)5(2-13)21-10/h1,4-10,13-20H,2-3H2. The molecule has 1 saturated heterocycles. The van der Waals surface area contributed by atoms with Crippen molar-refractivity contribution in [2.24, 2.45) is 0 Å². The second kappa shape index (κ2) is 7.05. The first-order valence-corrected chi connectivity index (χ1v) is 6.19. The van der Waals surface area contributed by atoms with Gasteiger partial charge in [-0.25, -0.2) is 0 Å². The highest BCUT2D eigenvalue weighted by Crippen LogP contribution is 2.31. The zero-order chi connectivity index (χ0) is 16.4. The Morgan fingerprint density at radius 2 is 1.67 bits per heavy atom. The molecular weight excluding hydrogens is 292 g/mol. The molecule has 124 valence electrons. The number of aliphatic hydroxyl groups is 8. The van der Waals surface area contributed by atoms with Crippen LogP contribution in [0.1, 0.15) is 0 Å². The van der Waals surface area contributed by atoms with E-state index in [-0.39, 0.29) is 6.29 Å². The van der Waals surface area contributed by atoms with Crippen LogP contribution in [-0.4, -0.2) is 109 Å². The summed E-state index contributed by atoms with van der Waals surface area (Å²) in [5.41, 5.74) is -2.71. The fourth-order valence-electron chi connectivity index (χ4n) is 2.24. The average molecular weight is 312 g/mol. The lowest BCUT2D eigenvalue weighted by Gasteiger charge is -2.47. The predicted octanol–water partition coefficient (Wildman–Crippen LogP) is -5.53. The van der Waals surface area contributed by atoms with E-state index in [1.165, 1.54) is 0 Å². The first-order chi connectivity index (χ1) is 9.74.